The number of sulfonamides is 1. The lowest BCUT2D eigenvalue weighted by Gasteiger charge is -2.17. The summed E-state index contributed by atoms with van der Waals surface area (Å²) in [5, 5.41) is 7.36. The van der Waals surface area contributed by atoms with E-state index in [9.17, 15) is 18.0 Å². The number of nitrogens with one attached hydrogen (secondary N) is 2. The highest BCUT2D eigenvalue weighted by atomic mass is 32.2. The molecule has 0 aliphatic carbocycles. The van der Waals surface area contributed by atoms with Gasteiger partial charge in [0.2, 0.25) is 10.0 Å². The minimum Gasteiger partial charge on any atom is -0.355 e. The Hall–Kier alpha value is -2.23. The first-order valence-electron chi connectivity index (χ1n) is 8.48. The number of anilines is 1. The van der Waals surface area contributed by atoms with E-state index in [1.807, 2.05) is 6.92 Å². The van der Waals surface area contributed by atoms with Gasteiger partial charge in [0.25, 0.3) is 11.8 Å². The van der Waals surface area contributed by atoms with Crippen LogP contribution in [0.1, 0.15) is 40.5 Å². The molecule has 1 aromatic heterocycles. The van der Waals surface area contributed by atoms with Crippen LogP contribution in [0.5, 0.6) is 0 Å². The highest BCUT2D eigenvalue weighted by Crippen LogP contribution is 2.24. The van der Waals surface area contributed by atoms with Crippen LogP contribution < -0.4 is 10.6 Å². The van der Waals surface area contributed by atoms with Crippen LogP contribution in [0.2, 0.25) is 0 Å². The Morgan fingerprint density at radius 1 is 1.11 bits per heavy atom. The van der Waals surface area contributed by atoms with Gasteiger partial charge in [-0.1, -0.05) is 13.3 Å². The molecule has 7 nitrogen and oxygen atoms in total. The normalized spacial score (nSPS) is 11.4. The third-order valence-electron chi connectivity index (χ3n) is 4.02. The van der Waals surface area contributed by atoms with Crippen molar-refractivity contribution in [2.45, 2.75) is 24.7 Å². The first kappa shape index (κ1) is 21.1. The summed E-state index contributed by atoms with van der Waals surface area (Å²) in [4.78, 5) is 24.3. The zero-order valence-electron chi connectivity index (χ0n) is 15.5. The second kappa shape index (κ2) is 9.12. The van der Waals surface area contributed by atoms with Crippen LogP contribution in [0, 0.1) is 0 Å². The van der Waals surface area contributed by atoms with Crippen molar-refractivity contribution in [3.8, 4) is 0 Å². The van der Waals surface area contributed by atoms with Crippen LogP contribution in [-0.2, 0) is 10.0 Å². The maximum Gasteiger partial charge on any atom is 0.256 e. The highest BCUT2D eigenvalue weighted by Gasteiger charge is 2.21. The lowest BCUT2D eigenvalue weighted by Crippen LogP contribution is -2.28. The summed E-state index contributed by atoms with van der Waals surface area (Å²) in [5.41, 5.74) is 0.689. The number of carbonyl (C=O) groups excluding carboxylic acids is 2. The molecule has 1 aromatic carbocycles. The Morgan fingerprint density at radius 3 is 2.37 bits per heavy atom. The number of unbranched alkanes of at least 4 members (excludes halogenated alkanes) is 1. The number of hydrogen-bond donors (Lipinski definition) is 2. The van der Waals surface area contributed by atoms with Crippen LogP contribution in [0.25, 0.3) is 0 Å². The van der Waals surface area contributed by atoms with Crippen molar-refractivity contribution in [1.29, 1.82) is 0 Å². The number of hydrogen-bond acceptors (Lipinski definition) is 5. The van der Waals surface area contributed by atoms with Crippen molar-refractivity contribution in [2.75, 3.05) is 26.0 Å². The summed E-state index contributed by atoms with van der Waals surface area (Å²) >= 11 is 1.24. The van der Waals surface area contributed by atoms with E-state index in [-0.39, 0.29) is 10.8 Å². The molecule has 9 heteroatoms. The first-order chi connectivity index (χ1) is 12.8. The maximum absolute atomic E-state index is 12.5. The molecule has 0 fully saturated rings. The Labute approximate surface area is 163 Å². The maximum atomic E-state index is 12.5. The second-order valence-corrected chi connectivity index (χ2v) is 8.86. The zero-order chi connectivity index (χ0) is 20.0. The summed E-state index contributed by atoms with van der Waals surface area (Å²) in [6.07, 6.45) is 1.68. The molecule has 2 aromatic rings. The van der Waals surface area contributed by atoms with E-state index >= 15 is 0 Å². The smallest absolute Gasteiger partial charge is 0.256 e. The first-order valence-corrected chi connectivity index (χ1v) is 10.8. The van der Waals surface area contributed by atoms with E-state index in [4.69, 9.17) is 0 Å². The standard InChI is InChI=1S/C18H23N3O4S2/c1-4-5-11-21(3)27(24,25)14-8-6-13(7-9-14)16(22)20-18-15(10-12-26-18)17(23)19-2/h6-10,12H,4-5,11H2,1-3H3,(H,19,23)(H,20,22). The molecule has 146 valence electrons. The minimum absolute atomic E-state index is 0.139. The summed E-state index contributed by atoms with van der Waals surface area (Å²) in [6, 6.07) is 7.38. The monoisotopic (exact) mass is 409 g/mol. The molecule has 0 bridgehead atoms. The van der Waals surface area contributed by atoms with Gasteiger partial charge in [-0.2, -0.15) is 0 Å². The lowest BCUT2D eigenvalue weighted by atomic mass is 10.2. The molecule has 0 spiro atoms. The fourth-order valence-electron chi connectivity index (χ4n) is 2.35. The molecule has 2 amide bonds. The van der Waals surface area contributed by atoms with Crippen LogP contribution in [0.15, 0.2) is 40.6 Å². The number of benzene rings is 1. The molecule has 2 N–H and O–H groups in total. The molecule has 0 radical (unpaired) electrons. The predicted molar refractivity (Wildman–Crippen MR) is 107 cm³/mol. The van der Waals surface area contributed by atoms with Crippen molar-refractivity contribution in [2.24, 2.45) is 0 Å². The highest BCUT2D eigenvalue weighted by molar-refractivity contribution is 7.89. The zero-order valence-corrected chi connectivity index (χ0v) is 17.1. The third kappa shape index (κ3) is 4.94. The van der Waals surface area contributed by atoms with E-state index in [1.54, 1.807) is 18.5 Å². The van der Waals surface area contributed by atoms with Crippen molar-refractivity contribution in [1.82, 2.24) is 9.62 Å². The van der Waals surface area contributed by atoms with Gasteiger partial charge in [-0.3, -0.25) is 9.59 Å². The third-order valence-corrected chi connectivity index (χ3v) is 6.72. The van der Waals surface area contributed by atoms with Gasteiger partial charge in [0.1, 0.15) is 5.00 Å². The SMILES string of the molecule is CCCCN(C)S(=O)(=O)c1ccc(C(=O)Nc2sccc2C(=O)NC)cc1. The number of thiophene rings is 1. The van der Waals surface area contributed by atoms with E-state index in [1.165, 1.54) is 47.0 Å². The van der Waals surface area contributed by atoms with Crippen LogP contribution in [0.3, 0.4) is 0 Å². The van der Waals surface area contributed by atoms with Crippen LogP contribution in [0.4, 0.5) is 5.00 Å². The molecule has 0 aliphatic rings. The van der Waals surface area contributed by atoms with Gasteiger partial charge in [-0.05, 0) is 42.1 Å². The van der Waals surface area contributed by atoms with Gasteiger partial charge in [0.05, 0.1) is 10.5 Å². The largest absolute Gasteiger partial charge is 0.355 e. The molecule has 0 saturated heterocycles. The number of rotatable bonds is 8. The van der Waals surface area contributed by atoms with Crippen LogP contribution >= 0.6 is 11.3 Å². The molecular weight excluding hydrogens is 386 g/mol. The van der Waals surface area contributed by atoms with Crippen molar-refractivity contribution >= 4 is 38.2 Å². The molecule has 0 aliphatic heterocycles. The van der Waals surface area contributed by atoms with E-state index in [2.05, 4.69) is 10.6 Å². The number of nitrogens with zero attached hydrogens (tertiary/aromatic N) is 1. The Bertz CT molecular complexity index is 905. The average Bonchev–Trinajstić information content (AvgIpc) is 3.13. The molecule has 0 atom stereocenters. The summed E-state index contributed by atoms with van der Waals surface area (Å²) in [5.74, 6) is -0.700. The summed E-state index contributed by atoms with van der Waals surface area (Å²) < 4.78 is 26.3. The molecule has 1 heterocycles. The van der Waals surface area contributed by atoms with Gasteiger partial charge in [-0.25, -0.2) is 12.7 Å². The van der Waals surface area contributed by atoms with Gasteiger partial charge >= 0.3 is 0 Å². The Morgan fingerprint density at radius 2 is 1.78 bits per heavy atom. The predicted octanol–water partition coefficient (Wildman–Crippen LogP) is 2.78. The molecule has 2 rings (SSSR count). The lowest BCUT2D eigenvalue weighted by molar-refractivity contribution is 0.0964. The van der Waals surface area contributed by atoms with Gasteiger partial charge in [0, 0.05) is 26.2 Å². The fraction of sp³-hybridized carbons (Fsp3) is 0.333. The molecule has 27 heavy (non-hydrogen) atoms. The van der Waals surface area contributed by atoms with E-state index in [0.29, 0.717) is 22.7 Å². The van der Waals surface area contributed by atoms with Crippen LogP contribution in [-0.4, -0.2) is 45.2 Å². The minimum atomic E-state index is -3.57. The second-order valence-electron chi connectivity index (χ2n) is 5.90. The van der Waals surface area contributed by atoms with E-state index in [0.717, 1.165) is 12.8 Å². The summed E-state index contributed by atoms with van der Waals surface area (Å²) in [7, 11) is -0.514. The molecule has 0 unspecified atom stereocenters. The van der Waals surface area contributed by atoms with Gasteiger partial charge < -0.3 is 10.6 Å². The van der Waals surface area contributed by atoms with Gasteiger partial charge in [-0.15, -0.1) is 11.3 Å². The fourth-order valence-corrected chi connectivity index (χ4v) is 4.34. The molecule has 0 saturated carbocycles. The summed E-state index contributed by atoms with van der Waals surface area (Å²) in [6.45, 7) is 2.44. The van der Waals surface area contributed by atoms with Crippen molar-refractivity contribution in [3.63, 3.8) is 0 Å². The quantitative estimate of drug-likeness (QED) is 0.701. The Kier molecular flexibility index (Phi) is 7.11. The number of amides is 2. The van der Waals surface area contributed by atoms with Crippen molar-refractivity contribution in [3.05, 3.63) is 46.8 Å². The van der Waals surface area contributed by atoms with E-state index < -0.39 is 15.9 Å². The molecular formula is C18H23N3O4S2. The Balaban J connectivity index is 2.14. The topological polar surface area (TPSA) is 95.6 Å². The van der Waals surface area contributed by atoms with Gasteiger partial charge in [0.15, 0.2) is 0 Å². The van der Waals surface area contributed by atoms with Crippen molar-refractivity contribution < 1.29 is 18.0 Å². The average molecular weight is 410 g/mol. The number of carbonyl (C=O) groups is 2.